The van der Waals surface area contributed by atoms with Crippen molar-refractivity contribution in [2.24, 2.45) is 5.92 Å². The molecule has 1 N–H and O–H groups in total. The van der Waals surface area contributed by atoms with Gasteiger partial charge in [0.05, 0.1) is 6.10 Å². The summed E-state index contributed by atoms with van der Waals surface area (Å²) in [6.45, 7) is 5.85. The van der Waals surface area contributed by atoms with Gasteiger partial charge in [0.15, 0.2) is 0 Å². The number of rotatable bonds is 11. The van der Waals surface area contributed by atoms with Crippen LogP contribution >= 0.6 is 11.8 Å². The van der Waals surface area contributed by atoms with Crippen LogP contribution in [0, 0.1) is 5.92 Å². The lowest BCUT2D eigenvalue weighted by Crippen LogP contribution is -2.49. The lowest BCUT2D eigenvalue weighted by Gasteiger charge is -2.43. The standard InChI is InChI=1S/C22H36N2O2S/c1-2-3-4-5-6-7-11-27-17-20(25)16-23-13-18-12-19(15-23)21-9-8-10-22(26)24(21)14-18/h8-10,18-20,25H,2-7,11-17H2,1H3/t18-,19+,20-/m1/s1. The summed E-state index contributed by atoms with van der Waals surface area (Å²) in [5, 5.41) is 10.5. The van der Waals surface area contributed by atoms with Gasteiger partial charge in [-0.2, -0.15) is 11.8 Å². The second-order valence-corrected chi connectivity index (χ2v) is 9.56. The zero-order chi connectivity index (χ0) is 19.1. The Morgan fingerprint density at radius 3 is 2.81 bits per heavy atom. The van der Waals surface area contributed by atoms with Crippen LogP contribution in [0.1, 0.15) is 63.5 Å². The Hall–Kier alpha value is -0.780. The summed E-state index contributed by atoms with van der Waals surface area (Å²) in [6.07, 6.45) is 8.95. The van der Waals surface area contributed by atoms with Crippen molar-refractivity contribution in [2.45, 2.75) is 70.4 Å². The molecule has 2 aliphatic heterocycles. The lowest BCUT2D eigenvalue weighted by atomic mass is 9.83. The fourth-order valence-electron chi connectivity index (χ4n) is 4.70. The van der Waals surface area contributed by atoms with Crippen molar-refractivity contribution < 1.29 is 5.11 Å². The first-order valence-corrected chi connectivity index (χ1v) is 12.0. The first-order valence-electron chi connectivity index (χ1n) is 10.8. The maximum Gasteiger partial charge on any atom is 0.250 e. The maximum absolute atomic E-state index is 12.1. The molecule has 4 nitrogen and oxygen atoms in total. The Morgan fingerprint density at radius 1 is 1.15 bits per heavy atom. The lowest BCUT2D eigenvalue weighted by molar-refractivity contribution is 0.0717. The van der Waals surface area contributed by atoms with Crippen molar-refractivity contribution >= 4 is 11.8 Å². The average Bonchev–Trinajstić information content (AvgIpc) is 2.65. The largest absolute Gasteiger partial charge is 0.391 e. The number of unbranched alkanes of at least 4 members (excludes halogenated alkanes) is 5. The molecule has 3 rings (SSSR count). The van der Waals surface area contributed by atoms with Gasteiger partial charge < -0.3 is 9.67 Å². The second-order valence-electron chi connectivity index (χ2n) is 8.41. The van der Waals surface area contributed by atoms with Gasteiger partial charge in [-0.05, 0) is 30.6 Å². The van der Waals surface area contributed by atoms with Crippen LogP contribution in [0.3, 0.4) is 0 Å². The number of nitrogens with zero attached hydrogens (tertiary/aromatic N) is 2. The molecular weight excluding hydrogens is 356 g/mol. The van der Waals surface area contributed by atoms with Gasteiger partial charge in [-0.3, -0.25) is 9.69 Å². The normalized spacial score (nSPS) is 23.2. The molecule has 5 heteroatoms. The number of aliphatic hydroxyl groups is 1. The zero-order valence-electron chi connectivity index (χ0n) is 16.8. The minimum absolute atomic E-state index is 0.141. The topological polar surface area (TPSA) is 45.5 Å². The Morgan fingerprint density at radius 2 is 1.96 bits per heavy atom. The van der Waals surface area contributed by atoms with Crippen molar-refractivity contribution in [1.82, 2.24) is 9.47 Å². The number of likely N-dealkylation sites (tertiary alicyclic amines) is 1. The van der Waals surface area contributed by atoms with Crippen molar-refractivity contribution in [3.63, 3.8) is 0 Å². The molecule has 1 fully saturated rings. The van der Waals surface area contributed by atoms with Crippen LogP contribution in [0.5, 0.6) is 0 Å². The molecule has 152 valence electrons. The quantitative estimate of drug-likeness (QED) is 0.583. The fraction of sp³-hybridized carbons (Fsp3) is 0.773. The minimum atomic E-state index is -0.244. The van der Waals surface area contributed by atoms with E-state index in [4.69, 9.17) is 0 Å². The molecule has 0 amide bonds. The first-order chi connectivity index (χ1) is 13.2. The van der Waals surface area contributed by atoms with Crippen LogP contribution in [-0.2, 0) is 6.54 Å². The van der Waals surface area contributed by atoms with Crippen molar-refractivity contribution in [1.29, 1.82) is 0 Å². The van der Waals surface area contributed by atoms with Gasteiger partial charge in [-0.15, -0.1) is 0 Å². The molecule has 0 saturated carbocycles. The van der Waals surface area contributed by atoms with Gasteiger partial charge in [0, 0.05) is 49.6 Å². The van der Waals surface area contributed by atoms with E-state index in [1.165, 1.54) is 56.4 Å². The number of aliphatic hydroxyl groups excluding tert-OH is 1. The highest BCUT2D eigenvalue weighted by atomic mass is 32.2. The summed E-state index contributed by atoms with van der Waals surface area (Å²) in [6, 6.07) is 5.67. The first kappa shape index (κ1) is 20.9. The molecule has 0 unspecified atom stereocenters. The Bertz CT molecular complexity index is 633. The molecule has 2 aliphatic rings. The summed E-state index contributed by atoms with van der Waals surface area (Å²) >= 11 is 1.90. The number of aromatic nitrogens is 1. The number of piperidine rings is 1. The second kappa shape index (κ2) is 10.7. The van der Waals surface area contributed by atoms with Crippen LogP contribution in [0.25, 0.3) is 0 Å². The molecule has 0 aliphatic carbocycles. The number of pyridine rings is 1. The Kier molecular flexibility index (Phi) is 8.28. The van der Waals surface area contributed by atoms with E-state index in [9.17, 15) is 9.90 Å². The number of hydrogen-bond acceptors (Lipinski definition) is 4. The molecule has 27 heavy (non-hydrogen) atoms. The van der Waals surface area contributed by atoms with Gasteiger partial charge in [0.2, 0.25) is 0 Å². The van der Waals surface area contributed by atoms with Crippen LogP contribution < -0.4 is 5.56 Å². The van der Waals surface area contributed by atoms with Crippen LogP contribution in [-0.4, -0.2) is 51.8 Å². The summed E-state index contributed by atoms with van der Waals surface area (Å²) in [4.78, 5) is 14.5. The molecule has 3 heterocycles. The van der Waals surface area contributed by atoms with Crippen molar-refractivity contribution in [3.8, 4) is 0 Å². The maximum atomic E-state index is 12.1. The molecule has 1 saturated heterocycles. The Labute approximate surface area is 168 Å². The van der Waals surface area contributed by atoms with E-state index in [0.717, 1.165) is 31.9 Å². The van der Waals surface area contributed by atoms with E-state index in [1.807, 2.05) is 22.4 Å². The van der Waals surface area contributed by atoms with E-state index >= 15 is 0 Å². The molecule has 0 radical (unpaired) electrons. The predicted octanol–water partition coefficient (Wildman–Crippen LogP) is 3.72. The summed E-state index contributed by atoms with van der Waals surface area (Å²) in [5.74, 6) is 3.00. The zero-order valence-corrected chi connectivity index (χ0v) is 17.6. The van der Waals surface area contributed by atoms with Gasteiger partial charge in [-0.1, -0.05) is 45.1 Å². The van der Waals surface area contributed by atoms with Crippen molar-refractivity contribution in [2.75, 3.05) is 31.1 Å². The van der Waals surface area contributed by atoms with Gasteiger partial charge in [0.1, 0.15) is 0 Å². The smallest absolute Gasteiger partial charge is 0.250 e. The predicted molar refractivity (Wildman–Crippen MR) is 115 cm³/mol. The highest BCUT2D eigenvalue weighted by Gasteiger charge is 2.34. The average molecular weight is 393 g/mol. The highest BCUT2D eigenvalue weighted by molar-refractivity contribution is 7.99. The molecule has 0 aromatic carbocycles. The third kappa shape index (κ3) is 6.10. The number of hydrogen-bond donors (Lipinski definition) is 1. The van der Waals surface area contributed by atoms with E-state index in [2.05, 4.69) is 17.9 Å². The van der Waals surface area contributed by atoms with Gasteiger partial charge >= 0.3 is 0 Å². The monoisotopic (exact) mass is 392 g/mol. The van der Waals surface area contributed by atoms with E-state index in [-0.39, 0.29) is 11.7 Å². The summed E-state index contributed by atoms with van der Waals surface area (Å²) in [7, 11) is 0. The van der Waals surface area contributed by atoms with E-state index in [0.29, 0.717) is 11.8 Å². The summed E-state index contributed by atoms with van der Waals surface area (Å²) < 4.78 is 1.98. The van der Waals surface area contributed by atoms with Gasteiger partial charge in [-0.25, -0.2) is 0 Å². The van der Waals surface area contributed by atoms with Crippen LogP contribution in [0.4, 0.5) is 0 Å². The van der Waals surface area contributed by atoms with E-state index < -0.39 is 0 Å². The highest BCUT2D eigenvalue weighted by Crippen LogP contribution is 2.34. The van der Waals surface area contributed by atoms with Gasteiger partial charge in [0.25, 0.3) is 5.56 Å². The molecule has 3 atom stereocenters. The molecular formula is C22H36N2O2S. The molecule has 1 aromatic rings. The van der Waals surface area contributed by atoms with Crippen LogP contribution in [0.2, 0.25) is 0 Å². The fourth-order valence-corrected chi connectivity index (χ4v) is 5.65. The molecule has 0 spiro atoms. The number of thioether (sulfide) groups is 1. The van der Waals surface area contributed by atoms with Crippen LogP contribution in [0.15, 0.2) is 23.0 Å². The molecule has 2 bridgehead atoms. The minimum Gasteiger partial charge on any atom is -0.391 e. The third-order valence-electron chi connectivity index (χ3n) is 5.98. The summed E-state index contributed by atoms with van der Waals surface area (Å²) in [5.41, 5.74) is 1.33. The van der Waals surface area contributed by atoms with Crippen molar-refractivity contribution in [3.05, 3.63) is 34.2 Å². The third-order valence-corrected chi connectivity index (χ3v) is 7.17. The number of fused-ring (bicyclic) bond motifs is 4. The Balaban J connectivity index is 1.36. The SMILES string of the molecule is CCCCCCCCSC[C@H](O)CN1C[C@H]2C[C@@H](C1)c1cccc(=O)n1C2. The number of β-amino-alcohol motifs (C(OH)–C–C–N with tert-alkyl or cyclic N) is 1. The van der Waals surface area contributed by atoms with E-state index in [1.54, 1.807) is 6.07 Å². The molecule has 1 aromatic heterocycles.